The van der Waals surface area contributed by atoms with E-state index in [-0.39, 0.29) is 6.54 Å². The van der Waals surface area contributed by atoms with E-state index in [0.717, 1.165) is 4.90 Å². The fraction of sp³-hybridized carbons (Fsp3) is 0.900. The van der Waals surface area contributed by atoms with Gasteiger partial charge in [-0.05, 0) is 34.6 Å². The SMILES string of the molecule is CC(C)(O)[C@H](F)CN(C(=O)O)C(C)(C)C. The van der Waals surface area contributed by atoms with E-state index >= 15 is 0 Å². The van der Waals surface area contributed by atoms with Gasteiger partial charge in [-0.2, -0.15) is 0 Å². The van der Waals surface area contributed by atoms with E-state index in [1.165, 1.54) is 13.8 Å². The van der Waals surface area contributed by atoms with E-state index in [1.807, 2.05) is 0 Å². The molecule has 5 heteroatoms. The van der Waals surface area contributed by atoms with Crippen molar-refractivity contribution < 1.29 is 19.4 Å². The van der Waals surface area contributed by atoms with Crippen LogP contribution in [0, 0.1) is 0 Å². The average Bonchev–Trinajstić information content (AvgIpc) is 1.94. The van der Waals surface area contributed by atoms with E-state index in [2.05, 4.69) is 0 Å². The van der Waals surface area contributed by atoms with Crippen molar-refractivity contribution >= 4 is 6.09 Å². The largest absolute Gasteiger partial charge is 0.465 e. The molecule has 0 heterocycles. The number of nitrogens with zero attached hydrogens (tertiary/aromatic N) is 1. The highest BCUT2D eigenvalue weighted by molar-refractivity contribution is 5.66. The van der Waals surface area contributed by atoms with Gasteiger partial charge >= 0.3 is 6.09 Å². The second-order valence-electron chi connectivity index (χ2n) is 5.19. The lowest BCUT2D eigenvalue weighted by Gasteiger charge is -2.36. The molecule has 1 amide bonds. The van der Waals surface area contributed by atoms with Crippen LogP contribution in [0.1, 0.15) is 34.6 Å². The molecule has 0 aromatic heterocycles. The minimum absolute atomic E-state index is 0.331. The quantitative estimate of drug-likeness (QED) is 0.764. The topological polar surface area (TPSA) is 60.8 Å². The summed E-state index contributed by atoms with van der Waals surface area (Å²) in [5, 5.41) is 18.3. The van der Waals surface area contributed by atoms with Gasteiger partial charge in [-0.3, -0.25) is 0 Å². The number of hydrogen-bond acceptors (Lipinski definition) is 2. The Morgan fingerprint density at radius 3 is 1.93 bits per heavy atom. The number of rotatable bonds is 3. The summed E-state index contributed by atoms with van der Waals surface area (Å²) in [7, 11) is 0. The van der Waals surface area contributed by atoms with Crippen LogP contribution in [0.15, 0.2) is 0 Å². The molecule has 0 fully saturated rings. The fourth-order valence-electron chi connectivity index (χ4n) is 1.02. The maximum Gasteiger partial charge on any atom is 0.407 e. The van der Waals surface area contributed by atoms with Crippen molar-refractivity contribution in [3.63, 3.8) is 0 Å². The molecule has 0 aromatic carbocycles. The van der Waals surface area contributed by atoms with Gasteiger partial charge in [0.2, 0.25) is 0 Å². The van der Waals surface area contributed by atoms with Crippen molar-refractivity contribution in [1.82, 2.24) is 4.90 Å². The molecule has 0 radical (unpaired) electrons. The van der Waals surface area contributed by atoms with Crippen LogP contribution in [0.25, 0.3) is 0 Å². The summed E-state index contributed by atoms with van der Waals surface area (Å²) in [6.07, 6.45) is -2.79. The van der Waals surface area contributed by atoms with Crippen LogP contribution < -0.4 is 0 Å². The predicted molar refractivity (Wildman–Crippen MR) is 55.7 cm³/mol. The summed E-state index contributed by atoms with van der Waals surface area (Å²) in [6, 6.07) is 0. The number of aliphatic hydroxyl groups is 1. The summed E-state index contributed by atoms with van der Waals surface area (Å²) in [6.45, 7) is 7.34. The molecule has 1 atom stereocenters. The van der Waals surface area contributed by atoms with Gasteiger partial charge in [0.25, 0.3) is 0 Å². The van der Waals surface area contributed by atoms with Gasteiger partial charge in [0, 0.05) is 5.54 Å². The first-order valence-electron chi connectivity index (χ1n) is 4.83. The van der Waals surface area contributed by atoms with Gasteiger partial charge in [0.05, 0.1) is 12.1 Å². The number of alkyl halides is 1. The summed E-state index contributed by atoms with van der Waals surface area (Å²) in [4.78, 5) is 11.9. The summed E-state index contributed by atoms with van der Waals surface area (Å²) >= 11 is 0. The van der Waals surface area contributed by atoms with Crippen LogP contribution in [0.2, 0.25) is 0 Å². The molecular weight excluding hydrogens is 201 g/mol. The molecule has 0 aromatic rings. The lowest BCUT2D eigenvalue weighted by molar-refractivity contribution is -0.0265. The smallest absolute Gasteiger partial charge is 0.407 e. The zero-order valence-electron chi connectivity index (χ0n) is 9.91. The third-order valence-corrected chi connectivity index (χ3v) is 2.15. The molecule has 0 rings (SSSR count). The van der Waals surface area contributed by atoms with Gasteiger partial charge in [-0.1, -0.05) is 0 Å². The second kappa shape index (κ2) is 4.35. The monoisotopic (exact) mass is 221 g/mol. The molecule has 2 N–H and O–H groups in total. The Bertz CT molecular complexity index is 230. The molecule has 15 heavy (non-hydrogen) atoms. The maximum atomic E-state index is 13.5. The van der Waals surface area contributed by atoms with Crippen LogP contribution in [-0.2, 0) is 0 Å². The molecule has 0 saturated heterocycles. The van der Waals surface area contributed by atoms with Gasteiger partial charge in [0.1, 0.15) is 6.17 Å². The van der Waals surface area contributed by atoms with E-state index in [4.69, 9.17) is 5.11 Å². The van der Waals surface area contributed by atoms with Crippen molar-refractivity contribution in [2.24, 2.45) is 0 Å². The van der Waals surface area contributed by atoms with Crippen molar-refractivity contribution in [2.75, 3.05) is 6.54 Å². The Hall–Kier alpha value is -0.840. The van der Waals surface area contributed by atoms with E-state index in [0.29, 0.717) is 0 Å². The molecule has 0 bridgehead atoms. The first kappa shape index (κ1) is 14.2. The molecule has 0 saturated carbocycles. The van der Waals surface area contributed by atoms with Crippen molar-refractivity contribution in [3.05, 3.63) is 0 Å². The Morgan fingerprint density at radius 2 is 1.73 bits per heavy atom. The minimum atomic E-state index is -1.60. The van der Waals surface area contributed by atoms with Crippen molar-refractivity contribution in [2.45, 2.75) is 51.9 Å². The van der Waals surface area contributed by atoms with Crippen molar-refractivity contribution in [1.29, 1.82) is 0 Å². The molecule has 0 aliphatic rings. The molecule has 4 nitrogen and oxygen atoms in total. The summed E-state index contributed by atoms with van der Waals surface area (Å²) in [5.41, 5.74) is -2.21. The van der Waals surface area contributed by atoms with Gasteiger partial charge in [-0.25, -0.2) is 9.18 Å². The van der Waals surface area contributed by atoms with Crippen molar-refractivity contribution in [3.8, 4) is 0 Å². The van der Waals surface area contributed by atoms with Crippen LogP contribution in [0.4, 0.5) is 9.18 Å². The second-order valence-corrected chi connectivity index (χ2v) is 5.19. The van der Waals surface area contributed by atoms with E-state index in [1.54, 1.807) is 20.8 Å². The fourth-order valence-corrected chi connectivity index (χ4v) is 1.02. The lowest BCUT2D eigenvalue weighted by Crippen LogP contribution is -2.51. The maximum absolute atomic E-state index is 13.5. The Kier molecular flexibility index (Phi) is 4.10. The van der Waals surface area contributed by atoms with Crippen LogP contribution in [0.5, 0.6) is 0 Å². The Balaban J connectivity index is 4.65. The zero-order valence-corrected chi connectivity index (χ0v) is 9.91. The number of halogens is 1. The third kappa shape index (κ3) is 4.46. The first-order valence-corrected chi connectivity index (χ1v) is 4.83. The minimum Gasteiger partial charge on any atom is -0.465 e. The lowest BCUT2D eigenvalue weighted by atomic mass is 10.00. The standard InChI is InChI=1S/C10H20FNO3/c1-9(2,3)12(8(13)14)6-7(11)10(4,5)15/h7,15H,6H2,1-5H3,(H,13,14)/t7-/m1/s1. The number of carbonyl (C=O) groups is 1. The predicted octanol–water partition coefficient (Wildman–Crippen LogP) is 1.87. The molecule has 0 unspecified atom stereocenters. The summed E-state index contributed by atoms with van der Waals surface area (Å²) in [5.74, 6) is 0. The highest BCUT2D eigenvalue weighted by Gasteiger charge is 2.34. The molecule has 90 valence electrons. The van der Waals surface area contributed by atoms with Crippen LogP contribution in [0.3, 0.4) is 0 Å². The average molecular weight is 221 g/mol. The molecular formula is C10H20FNO3. The Labute approximate surface area is 89.7 Å². The molecule has 0 aliphatic carbocycles. The summed E-state index contributed by atoms with van der Waals surface area (Å²) < 4.78 is 13.5. The third-order valence-electron chi connectivity index (χ3n) is 2.15. The highest BCUT2D eigenvalue weighted by atomic mass is 19.1. The zero-order chi connectivity index (χ0) is 12.4. The first-order chi connectivity index (χ1) is 6.46. The van der Waals surface area contributed by atoms with Gasteiger partial charge < -0.3 is 15.1 Å². The molecule has 0 aliphatic heterocycles. The molecule has 0 spiro atoms. The normalized spacial score (nSPS) is 14.9. The Morgan fingerprint density at radius 1 is 1.33 bits per heavy atom. The van der Waals surface area contributed by atoms with Crippen LogP contribution >= 0.6 is 0 Å². The van der Waals surface area contributed by atoms with E-state index < -0.39 is 23.4 Å². The number of amides is 1. The van der Waals surface area contributed by atoms with Crippen LogP contribution in [-0.4, -0.2) is 45.1 Å². The van der Waals surface area contributed by atoms with Gasteiger partial charge in [0.15, 0.2) is 0 Å². The number of carboxylic acid groups (broad SMARTS) is 1. The highest BCUT2D eigenvalue weighted by Crippen LogP contribution is 2.19. The number of hydrogen-bond donors (Lipinski definition) is 2. The van der Waals surface area contributed by atoms with Gasteiger partial charge in [-0.15, -0.1) is 0 Å². The van der Waals surface area contributed by atoms with E-state index in [9.17, 15) is 14.3 Å².